The molecule has 0 spiro atoms. The second-order valence-corrected chi connectivity index (χ2v) is 4.79. The van der Waals surface area contributed by atoms with Gasteiger partial charge in [0.2, 0.25) is 0 Å². The van der Waals surface area contributed by atoms with Gasteiger partial charge in [0.1, 0.15) is 12.0 Å². The maximum atomic E-state index is 10.5. The van der Waals surface area contributed by atoms with Crippen LogP contribution in [0.5, 0.6) is 5.75 Å². The Labute approximate surface area is 136 Å². The Bertz CT molecular complexity index is 356. The molecule has 0 bridgehead atoms. The van der Waals surface area contributed by atoms with Crippen LogP contribution in [0, 0.1) is 0 Å². The van der Waals surface area contributed by atoms with Crippen molar-refractivity contribution in [2.75, 3.05) is 26.2 Å². The zero-order valence-electron chi connectivity index (χ0n) is 14.8. The van der Waals surface area contributed by atoms with Crippen molar-refractivity contribution in [3.8, 4) is 5.75 Å². The van der Waals surface area contributed by atoms with Gasteiger partial charge < -0.3 is 9.64 Å². The average Bonchev–Trinajstić information content (AvgIpc) is 2.63. The predicted molar refractivity (Wildman–Crippen MR) is 94.9 cm³/mol. The summed E-state index contributed by atoms with van der Waals surface area (Å²) >= 11 is 0. The molecule has 1 saturated heterocycles. The van der Waals surface area contributed by atoms with Gasteiger partial charge in [-0.25, -0.2) is 0 Å². The molecule has 3 nitrogen and oxygen atoms in total. The zero-order valence-corrected chi connectivity index (χ0v) is 14.8. The maximum Gasteiger partial charge on any atom is 0.150 e. The first-order valence-corrected chi connectivity index (χ1v) is 8.79. The van der Waals surface area contributed by atoms with Gasteiger partial charge in [-0.15, -0.1) is 0 Å². The van der Waals surface area contributed by atoms with Gasteiger partial charge in [0.15, 0.2) is 0 Å². The third-order valence-corrected chi connectivity index (χ3v) is 3.35. The lowest BCUT2D eigenvalue weighted by Gasteiger charge is -2.26. The number of piperidine rings is 1. The van der Waals surface area contributed by atoms with Gasteiger partial charge in [0.25, 0.3) is 0 Å². The highest BCUT2D eigenvalue weighted by Gasteiger charge is 2.08. The summed E-state index contributed by atoms with van der Waals surface area (Å²) in [6.45, 7) is 12.4. The summed E-state index contributed by atoms with van der Waals surface area (Å²) in [7, 11) is 0. The normalized spacial score (nSPS) is 14.0. The molecule has 1 aromatic rings. The number of hydrogen-bond donors (Lipinski definition) is 0. The number of likely N-dealkylation sites (tertiary alicyclic amines) is 1. The van der Waals surface area contributed by atoms with Gasteiger partial charge in [0.05, 0.1) is 6.61 Å². The monoisotopic (exact) mass is 307 g/mol. The molecule has 0 amide bonds. The van der Waals surface area contributed by atoms with Crippen molar-refractivity contribution < 1.29 is 9.53 Å². The average molecular weight is 307 g/mol. The van der Waals surface area contributed by atoms with Crippen LogP contribution in [-0.2, 0) is 0 Å². The van der Waals surface area contributed by atoms with E-state index in [1.54, 1.807) is 12.1 Å². The summed E-state index contributed by atoms with van der Waals surface area (Å²) in [5.41, 5.74) is 0.690. The molecule has 0 radical (unpaired) electrons. The third-order valence-electron chi connectivity index (χ3n) is 3.35. The van der Waals surface area contributed by atoms with Crippen LogP contribution in [0.2, 0.25) is 0 Å². The first-order chi connectivity index (χ1) is 10.9. The van der Waals surface area contributed by atoms with Gasteiger partial charge in [-0.3, -0.25) is 4.79 Å². The second kappa shape index (κ2) is 14.6. The molecule has 0 aromatic heterocycles. The maximum absolute atomic E-state index is 10.5. The van der Waals surface area contributed by atoms with Crippen LogP contribution in [0.25, 0.3) is 0 Å². The van der Waals surface area contributed by atoms with Crippen LogP contribution >= 0.6 is 0 Å². The Morgan fingerprint density at radius 1 is 1.00 bits per heavy atom. The number of aldehydes is 1. The van der Waals surface area contributed by atoms with Crippen LogP contribution in [0.4, 0.5) is 0 Å². The number of rotatable bonds is 6. The molecule has 1 aromatic carbocycles. The van der Waals surface area contributed by atoms with Crippen molar-refractivity contribution in [3.05, 3.63) is 29.8 Å². The van der Waals surface area contributed by atoms with Crippen molar-refractivity contribution in [2.45, 2.75) is 53.4 Å². The van der Waals surface area contributed by atoms with E-state index < -0.39 is 0 Å². The van der Waals surface area contributed by atoms with E-state index in [4.69, 9.17) is 4.74 Å². The van der Waals surface area contributed by atoms with Crippen molar-refractivity contribution in [3.63, 3.8) is 0 Å². The minimum atomic E-state index is 0.690. The van der Waals surface area contributed by atoms with E-state index >= 15 is 0 Å². The Kier molecular flexibility index (Phi) is 13.7. The minimum absolute atomic E-state index is 0.690. The minimum Gasteiger partial charge on any atom is -0.494 e. The molecule has 0 atom stereocenters. The Hall–Kier alpha value is -1.35. The van der Waals surface area contributed by atoms with Gasteiger partial charge in [0, 0.05) is 12.1 Å². The van der Waals surface area contributed by atoms with E-state index in [0.29, 0.717) is 5.56 Å². The highest BCUT2D eigenvalue weighted by Crippen LogP contribution is 2.12. The number of ether oxygens (including phenoxy) is 1. The van der Waals surface area contributed by atoms with E-state index in [-0.39, 0.29) is 0 Å². The van der Waals surface area contributed by atoms with Gasteiger partial charge in [-0.05, 0) is 56.6 Å². The summed E-state index contributed by atoms with van der Waals surface area (Å²) < 4.78 is 5.65. The smallest absolute Gasteiger partial charge is 0.150 e. The Morgan fingerprint density at radius 2 is 1.59 bits per heavy atom. The van der Waals surface area contributed by atoms with E-state index in [9.17, 15) is 4.79 Å². The molecule has 1 heterocycles. The highest BCUT2D eigenvalue weighted by molar-refractivity contribution is 5.74. The summed E-state index contributed by atoms with van der Waals surface area (Å²) in [4.78, 5) is 13.0. The highest BCUT2D eigenvalue weighted by atomic mass is 16.5. The molecule has 2 rings (SSSR count). The standard InChI is InChI=1S/C15H21NO2.2C2H6/c17-13-14-5-7-15(8-6-14)18-12-4-11-16-9-2-1-3-10-16;2*1-2/h5-8,13H,1-4,9-12H2;2*1-2H3. The van der Waals surface area contributed by atoms with Crippen molar-refractivity contribution in [2.24, 2.45) is 0 Å². The summed E-state index contributed by atoms with van der Waals surface area (Å²) in [6, 6.07) is 7.27. The fourth-order valence-electron chi connectivity index (χ4n) is 2.30. The lowest BCUT2D eigenvalue weighted by atomic mass is 10.1. The number of hydrogen-bond acceptors (Lipinski definition) is 3. The Balaban J connectivity index is 0.00000102. The van der Waals surface area contributed by atoms with Crippen molar-refractivity contribution in [1.82, 2.24) is 4.90 Å². The van der Waals surface area contributed by atoms with Gasteiger partial charge >= 0.3 is 0 Å². The number of carbonyl (C=O) groups is 1. The van der Waals surface area contributed by atoms with E-state index in [1.807, 2.05) is 39.8 Å². The van der Waals surface area contributed by atoms with E-state index in [2.05, 4.69) is 4.90 Å². The fourth-order valence-corrected chi connectivity index (χ4v) is 2.30. The zero-order chi connectivity index (χ0) is 16.6. The van der Waals surface area contributed by atoms with Crippen LogP contribution < -0.4 is 4.74 Å². The summed E-state index contributed by atoms with van der Waals surface area (Å²) in [6.07, 6.45) is 5.98. The van der Waals surface area contributed by atoms with E-state index in [1.165, 1.54) is 32.4 Å². The Morgan fingerprint density at radius 3 is 2.14 bits per heavy atom. The first-order valence-electron chi connectivity index (χ1n) is 8.79. The fraction of sp³-hybridized carbons (Fsp3) is 0.632. The predicted octanol–water partition coefficient (Wildman–Crippen LogP) is 4.81. The molecular weight excluding hydrogens is 274 g/mol. The van der Waals surface area contributed by atoms with Crippen LogP contribution in [0.1, 0.15) is 63.7 Å². The first kappa shape index (κ1) is 20.6. The van der Waals surface area contributed by atoms with Gasteiger partial charge in [-0.2, -0.15) is 0 Å². The second-order valence-electron chi connectivity index (χ2n) is 4.79. The van der Waals surface area contributed by atoms with Crippen LogP contribution in [-0.4, -0.2) is 37.4 Å². The molecule has 0 N–H and O–H groups in total. The summed E-state index contributed by atoms with van der Waals surface area (Å²) in [5, 5.41) is 0. The topological polar surface area (TPSA) is 29.5 Å². The van der Waals surface area contributed by atoms with Gasteiger partial charge in [-0.1, -0.05) is 34.1 Å². The third kappa shape index (κ3) is 8.83. The molecule has 22 heavy (non-hydrogen) atoms. The lowest BCUT2D eigenvalue weighted by Crippen LogP contribution is -2.31. The largest absolute Gasteiger partial charge is 0.494 e. The lowest BCUT2D eigenvalue weighted by molar-refractivity contribution is 0.112. The summed E-state index contributed by atoms with van der Waals surface area (Å²) in [5.74, 6) is 0.847. The van der Waals surface area contributed by atoms with Crippen molar-refractivity contribution in [1.29, 1.82) is 0 Å². The number of nitrogens with zero attached hydrogens (tertiary/aromatic N) is 1. The molecule has 1 fully saturated rings. The molecule has 0 unspecified atom stereocenters. The molecule has 1 aliphatic rings. The number of carbonyl (C=O) groups excluding carboxylic acids is 1. The number of benzene rings is 1. The molecule has 126 valence electrons. The SMILES string of the molecule is CC.CC.O=Cc1ccc(OCCCN2CCCCC2)cc1. The molecular formula is C19H33NO2. The van der Waals surface area contributed by atoms with Crippen molar-refractivity contribution >= 4 is 6.29 Å². The van der Waals surface area contributed by atoms with Crippen LogP contribution in [0.15, 0.2) is 24.3 Å². The molecule has 0 saturated carbocycles. The molecule has 3 heteroatoms. The van der Waals surface area contributed by atoms with E-state index in [0.717, 1.165) is 31.6 Å². The molecule has 0 aliphatic carbocycles. The quantitative estimate of drug-likeness (QED) is 0.558. The van der Waals surface area contributed by atoms with Crippen LogP contribution in [0.3, 0.4) is 0 Å². The molecule has 1 aliphatic heterocycles.